The number of aromatic nitrogens is 1. The Hall–Kier alpha value is -1.86. The lowest BCUT2D eigenvalue weighted by atomic mass is 10.00. The first-order valence-electron chi connectivity index (χ1n) is 6.21. The third-order valence-corrected chi connectivity index (χ3v) is 3.51. The van der Waals surface area contributed by atoms with Crippen molar-refractivity contribution in [2.75, 3.05) is 5.32 Å². The topological polar surface area (TPSA) is 68.1 Å². The van der Waals surface area contributed by atoms with E-state index in [1.54, 1.807) is 0 Å². The summed E-state index contributed by atoms with van der Waals surface area (Å²) in [6, 6.07) is 0.710. The molecular weight excluding hydrogens is 275 g/mol. The third kappa shape index (κ3) is 3.00. The van der Waals surface area contributed by atoms with Gasteiger partial charge in [-0.05, 0) is 25.8 Å². The van der Waals surface area contributed by atoms with Crippen LogP contribution in [0.4, 0.5) is 24.5 Å². The average molecular weight is 289 g/mol. The van der Waals surface area contributed by atoms with Crippen molar-refractivity contribution in [3.63, 3.8) is 0 Å². The number of nitrogens with one attached hydrogen (secondary N) is 1. The van der Waals surface area contributed by atoms with Crippen molar-refractivity contribution in [1.29, 1.82) is 0 Å². The molecular formula is C12H14F3N3O2. The summed E-state index contributed by atoms with van der Waals surface area (Å²) in [5, 5.41) is 13.8. The largest absolute Gasteiger partial charge is 0.433 e. The maximum atomic E-state index is 12.6. The van der Waals surface area contributed by atoms with Gasteiger partial charge in [0.2, 0.25) is 0 Å². The van der Waals surface area contributed by atoms with E-state index in [4.69, 9.17) is 0 Å². The van der Waals surface area contributed by atoms with E-state index < -0.39 is 28.0 Å². The highest BCUT2D eigenvalue weighted by Gasteiger charge is 2.36. The fourth-order valence-corrected chi connectivity index (χ4v) is 2.45. The summed E-state index contributed by atoms with van der Waals surface area (Å²) in [6.45, 7) is 1.86. The van der Waals surface area contributed by atoms with E-state index in [0.29, 0.717) is 12.3 Å². The average Bonchev–Trinajstić information content (AvgIpc) is 2.74. The normalized spacial score (nSPS) is 18.0. The minimum atomic E-state index is -4.62. The van der Waals surface area contributed by atoms with Crippen LogP contribution in [0.1, 0.15) is 38.3 Å². The van der Waals surface area contributed by atoms with Gasteiger partial charge in [-0.3, -0.25) is 10.1 Å². The maximum Gasteiger partial charge on any atom is 0.433 e. The number of halogens is 3. The van der Waals surface area contributed by atoms with E-state index in [1.807, 2.05) is 6.92 Å². The summed E-state index contributed by atoms with van der Waals surface area (Å²) < 4.78 is 37.9. The molecule has 20 heavy (non-hydrogen) atoms. The number of hydrogen-bond donors (Lipinski definition) is 1. The maximum absolute atomic E-state index is 12.6. The molecule has 0 saturated heterocycles. The fraction of sp³-hybridized carbons (Fsp3) is 0.583. The Kier molecular flexibility index (Phi) is 3.58. The predicted molar refractivity (Wildman–Crippen MR) is 66.4 cm³/mol. The molecule has 0 radical (unpaired) electrons. The summed E-state index contributed by atoms with van der Waals surface area (Å²) >= 11 is 0. The second kappa shape index (κ2) is 4.92. The Bertz CT molecular complexity index is 525. The van der Waals surface area contributed by atoms with Crippen LogP contribution in [0.5, 0.6) is 0 Å². The molecule has 1 fully saturated rings. The minimum absolute atomic E-state index is 0.123. The van der Waals surface area contributed by atoms with Gasteiger partial charge >= 0.3 is 11.9 Å². The Morgan fingerprint density at radius 2 is 2.00 bits per heavy atom. The SMILES string of the molecule is CC1(Nc2cc(C(F)(F)F)ncc2[N+](=O)[O-])CCCC1. The molecule has 0 bridgehead atoms. The molecule has 1 aliphatic rings. The van der Waals surface area contributed by atoms with Crippen LogP contribution in [0.15, 0.2) is 12.3 Å². The van der Waals surface area contributed by atoms with Crippen LogP contribution in [0, 0.1) is 10.1 Å². The van der Waals surface area contributed by atoms with Crippen LogP contribution in [-0.4, -0.2) is 15.4 Å². The molecule has 5 nitrogen and oxygen atoms in total. The van der Waals surface area contributed by atoms with Gasteiger partial charge in [0, 0.05) is 5.54 Å². The molecule has 0 aromatic carbocycles. The molecule has 1 aromatic heterocycles. The summed E-state index contributed by atoms with van der Waals surface area (Å²) in [6.07, 6.45) is -0.518. The van der Waals surface area contributed by atoms with E-state index in [2.05, 4.69) is 10.3 Å². The van der Waals surface area contributed by atoms with E-state index in [0.717, 1.165) is 25.7 Å². The van der Waals surface area contributed by atoms with Gasteiger partial charge < -0.3 is 5.32 Å². The Morgan fingerprint density at radius 3 is 2.50 bits per heavy atom. The first kappa shape index (κ1) is 14.5. The highest BCUT2D eigenvalue weighted by Crippen LogP contribution is 2.38. The van der Waals surface area contributed by atoms with Crippen LogP contribution in [0.25, 0.3) is 0 Å². The predicted octanol–water partition coefficient (Wildman–Crippen LogP) is 3.75. The van der Waals surface area contributed by atoms with Gasteiger partial charge in [0.25, 0.3) is 0 Å². The molecule has 1 aliphatic carbocycles. The molecule has 0 spiro atoms. The molecule has 1 heterocycles. The summed E-state index contributed by atoms with van der Waals surface area (Å²) in [5.74, 6) is 0. The molecule has 1 aromatic rings. The molecule has 0 aliphatic heterocycles. The Balaban J connectivity index is 2.39. The van der Waals surface area contributed by atoms with Crippen molar-refractivity contribution < 1.29 is 18.1 Å². The van der Waals surface area contributed by atoms with Crippen LogP contribution in [0.3, 0.4) is 0 Å². The van der Waals surface area contributed by atoms with Crippen LogP contribution >= 0.6 is 0 Å². The van der Waals surface area contributed by atoms with Crippen molar-refractivity contribution in [3.8, 4) is 0 Å². The highest BCUT2D eigenvalue weighted by molar-refractivity contribution is 5.62. The monoisotopic (exact) mass is 289 g/mol. The van der Waals surface area contributed by atoms with Crippen LogP contribution < -0.4 is 5.32 Å². The van der Waals surface area contributed by atoms with Crippen molar-refractivity contribution in [3.05, 3.63) is 28.1 Å². The standard InChI is InChI=1S/C12H14F3N3O2/c1-11(4-2-3-5-11)17-8-6-10(12(13,14)15)16-7-9(8)18(19)20/h6-7H,2-5H2,1H3,(H,16,17). The number of nitrogens with zero attached hydrogens (tertiary/aromatic N) is 2. The van der Waals surface area contributed by atoms with Gasteiger partial charge in [-0.15, -0.1) is 0 Å². The van der Waals surface area contributed by atoms with Crippen molar-refractivity contribution in [2.24, 2.45) is 0 Å². The summed E-state index contributed by atoms with van der Waals surface area (Å²) in [4.78, 5) is 13.3. The molecule has 1 saturated carbocycles. The third-order valence-electron chi connectivity index (χ3n) is 3.51. The van der Waals surface area contributed by atoms with Crippen molar-refractivity contribution in [2.45, 2.75) is 44.3 Å². The molecule has 0 unspecified atom stereocenters. The van der Waals surface area contributed by atoms with Gasteiger partial charge in [0.1, 0.15) is 17.6 Å². The lowest BCUT2D eigenvalue weighted by molar-refractivity contribution is -0.384. The van der Waals surface area contributed by atoms with Crippen molar-refractivity contribution in [1.82, 2.24) is 4.98 Å². The van der Waals surface area contributed by atoms with Crippen LogP contribution in [-0.2, 0) is 6.18 Å². The Labute approximate surface area is 113 Å². The lowest BCUT2D eigenvalue weighted by Crippen LogP contribution is -2.31. The number of anilines is 1. The smallest absolute Gasteiger partial charge is 0.374 e. The minimum Gasteiger partial charge on any atom is -0.374 e. The first-order valence-corrected chi connectivity index (χ1v) is 6.21. The zero-order chi connectivity index (χ0) is 15.0. The lowest BCUT2D eigenvalue weighted by Gasteiger charge is -2.26. The Morgan fingerprint density at radius 1 is 1.40 bits per heavy atom. The summed E-state index contributed by atoms with van der Waals surface area (Å²) in [7, 11) is 0. The molecule has 1 N–H and O–H groups in total. The molecule has 2 rings (SSSR count). The van der Waals surface area contributed by atoms with Crippen molar-refractivity contribution >= 4 is 11.4 Å². The molecule has 0 atom stereocenters. The van der Waals surface area contributed by atoms with E-state index in [1.165, 1.54) is 0 Å². The van der Waals surface area contributed by atoms with E-state index in [-0.39, 0.29) is 5.69 Å². The molecule has 8 heteroatoms. The number of nitro groups is 1. The van der Waals surface area contributed by atoms with Crippen LogP contribution in [0.2, 0.25) is 0 Å². The zero-order valence-corrected chi connectivity index (χ0v) is 10.8. The van der Waals surface area contributed by atoms with Gasteiger partial charge in [-0.1, -0.05) is 12.8 Å². The van der Waals surface area contributed by atoms with Gasteiger partial charge in [-0.2, -0.15) is 13.2 Å². The number of pyridine rings is 1. The first-order chi connectivity index (χ1) is 9.21. The zero-order valence-electron chi connectivity index (χ0n) is 10.8. The van der Waals surface area contributed by atoms with Gasteiger partial charge in [-0.25, -0.2) is 4.98 Å². The molecule has 0 amide bonds. The number of alkyl halides is 3. The second-order valence-electron chi connectivity index (χ2n) is 5.23. The van der Waals surface area contributed by atoms with Gasteiger partial charge in [0.05, 0.1) is 4.92 Å². The fourth-order valence-electron chi connectivity index (χ4n) is 2.45. The quantitative estimate of drug-likeness (QED) is 0.679. The number of hydrogen-bond acceptors (Lipinski definition) is 4. The van der Waals surface area contributed by atoms with E-state index >= 15 is 0 Å². The van der Waals surface area contributed by atoms with Gasteiger partial charge in [0.15, 0.2) is 0 Å². The highest BCUT2D eigenvalue weighted by atomic mass is 19.4. The second-order valence-corrected chi connectivity index (χ2v) is 5.23. The number of rotatable bonds is 3. The van der Waals surface area contributed by atoms with E-state index in [9.17, 15) is 23.3 Å². The summed E-state index contributed by atoms with van der Waals surface area (Å²) in [5.41, 5.74) is -2.10. The molecule has 110 valence electrons.